The quantitative estimate of drug-likeness (QED) is 0.684. The Morgan fingerprint density at radius 3 is 2.76 bits per heavy atom. The largest absolute Gasteiger partial charge is 0.378 e. The summed E-state index contributed by atoms with van der Waals surface area (Å²) in [6, 6.07) is -0.854. The number of rotatable bonds is 2. The Balaban J connectivity index is 2.06. The van der Waals surface area contributed by atoms with Crippen LogP contribution in [0.3, 0.4) is 0 Å². The maximum absolute atomic E-state index is 13.2. The molecule has 17 heavy (non-hydrogen) atoms. The smallest absolute Gasteiger partial charge is 0.330 e. The first-order valence-electron chi connectivity index (χ1n) is 5.42. The number of barbiturate groups is 1. The second kappa shape index (κ2) is 4.40. The van der Waals surface area contributed by atoms with Crippen LogP contribution in [0.5, 0.6) is 0 Å². The molecule has 94 valence electrons. The highest BCUT2D eigenvalue weighted by atomic mass is 19.1. The van der Waals surface area contributed by atoms with Crippen molar-refractivity contribution < 1.29 is 23.5 Å². The molecule has 0 aromatic carbocycles. The van der Waals surface area contributed by atoms with Gasteiger partial charge in [0.05, 0.1) is 6.10 Å². The summed E-state index contributed by atoms with van der Waals surface area (Å²) in [5, 5.41) is 1.81. The van der Waals surface area contributed by atoms with Gasteiger partial charge in [0, 0.05) is 19.1 Å². The van der Waals surface area contributed by atoms with Crippen LogP contribution in [0.1, 0.15) is 13.3 Å². The van der Waals surface area contributed by atoms with E-state index in [0.717, 1.165) is 4.90 Å². The molecular formula is C10H13FN2O4. The lowest BCUT2D eigenvalue weighted by atomic mass is 10.0. The van der Waals surface area contributed by atoms with Gasteiger partial charge in [-0.3, -0.25) is 19.8 Å². The number of hydrogen-bond donors (Lipinski definition) is 1. The molecule has 0 saturated carbocycles. The molecule has 0 aliphatic carbocycles. The molecule has 6 nitrogen and oxygen atoms in total. The molecule has 2 heterocycles. The summed E-state index contributed by atoms with van der Waals surface area (Å²) in [7, 11) is 0. The van der Waals surface area contributed by atoms with Crippen LogP contribution >= 0.6 is 0 Å². The van der Waals surface area contributed by atoms with Crippen LogP contribution in [0.2, 0.25) is 0 Å². The number of nitrogens with one attached hydrogen (secondary N) is 1. The van der Waals surface area contributed by atoms with E-state index in [4.69, 9.17) is 4.74 Å². The van der Waals surface area contributed by atoms with Gasteiger partial charge in [0.15, 0.2) is 0 Å². The Hall–Kier alpha value is -1.50. The van der Waals surface area contributed by atoms with E-state index in [9.17, 15) is 18.8 Å². The van der Waals surface area contributed by atoms with Crippen LogP contribution in [0, 0.1) is 5.92 Å². The SMILES string of the molecule is CC1OCCC1CN1C(=O)NC(=O)C(F)C1=O. The van der Waals surface area contributed by atoms with Crippen molar-refractivity contribution in [1.82, 2.24) is 10.2 Å². The van der Waals surface area contributed by atoms with Crippen LogP contribution in [-0.2, 0) is 14.3 Å². The zero-order chi connectivity index (χ0) is 12.6. The van der Waals surface area contributed by atoms with E-state index in [-0.39, 0.29) is 18.6 Å². The number of halogens is 1. The lowest BCUT2D eigenvalue weighted by Gasteiger charge is -2.29. The van der Waals surface area contributed by atoms with Crippen molar-refractivity contribution in [2.75, 3.05) is 13.2 Å². The molecule has 3 atom stereocenters. The fourth-order valence-corrected chi connectivity index (χ4v) is 2.01. The minimum Gasteiger partial charge on any atom is -0.378 e. The number of hydrogen-bond acceptors (Lipinski definition) is 4. The molecule has 4 amide bonds. The maximum atomic E-state index is 13.2. The lowest BCUT2D eigenvalue weighted by molar-refractivity contribution is -0.144. The third-order valence-corrected chi connectivity index (χ3v) is 3.14. The molecule has 1 N–H and O–H groups in total. The van der Waals surface area contributed by atoms with E-state index in [1.807, 2.05) is 12.2 Å². The number of alkyl halides is 1. The van der Waals surface area contributed by atoms with E-state index in [0.29, 0.717) is 13.0 Å². The summed E-state index contributed by atoms with van der Waals surface area (Å²) < 4.78 is 18.5. The summed E-state index contributed by atoms with van der Waals surface area (Å²) >= 11 is 0. The van der Waals surface area contributed by atoms with Crippen molar-refractivity contribution in [3.05, 3.63) is 0 Å². The molecule has 0 aromatic rings. The second-order valence-corrected chi connectivity index (χ2v) is 4.23. The lowest BCUT2D eigenvalue weighted by Crippen LogP contribution is -2.60. The molecule has 0 radical (unpaired) electrons. The van der Waals surface area contributed by atoms with Crippen molar-refractivity contribution in [2.24, 2.45) is 5.92 Å². The molecule has 3 unspecified atom stereocenters. The number of amides is 4. The summed E-state index contributed by atoms with van der Waals surface area (Å²) in [6.45, 7) is 2.48. The molecule has 0 spiro atoms. The van der Waals surface area contributed by atoms with Gasteiger partial charge in [0.1, 0.15) is 0 Å². The zero-order valence-corrected chi connectivity index (χ0v) is 9.31. The summed E-state index contributed by atoms with van der Waals surface area (Å²) in [6.07, 6.45) is -1.65. The van der Waals surface area contributed by atoms with E-state index >= 15 is 0 Å². The minimum absolute atomic E-state index is 0.00916. The highest BCUT2D eigenvalue weighted by molar-refractivity contribution is 6.18. The molecule has 2 aliphatic heterocycles. The Labute approximate surface area is 97.1 Å². The molecule has 2 rings (SSSR count). The zero-order valence-electron chi connectivity index (χ0n) is 9.31. The van der Waals surface area contributed by atoms with Gasteiger partial charge in [-0.1, -0.05) is 0 Å². The van der Waals surface area contributed by atoms with Crippen LogP contribution in [0.4, 0.5) is 9.18 Å². The van der Waals surface area contributed by atoms with Gasteiger partial charge < -0.3 is 4.74 Å². The van der Waals surface area contributed by atoms with E-state index in [2.05, 4.69) is 0 Å². The van der Waals surface area contributed by atoms with Crippen molar-refractivity contribution >= 4 is 17.8 Å². The number of nitrogens with zero attached hydrogens (tertiary/aromatic N) is 1. The summed E-state index contributed by atoms with van der Waals surface area (Å²) in [4.78, 5) is 34.5. The number of carbonyl (C=O) groups is 3. The van der Waals surface area contributed by atoms with Gasteiger partial charge >= 0.3 is 6.03 Å². The van der Waals surface area contributed by atoms with Gasteiger partial charge in [-0.25, -0.2) is 9.18 Å². The Morgan fingerprint density at radius 1 is 1.47 bits per heavy atom. The third-order valence-electron chi connectivity index (χ3n) is 3.14. The first-order valence-corrected chi connectivity index (χ1v) is 5.42. The highest BCUT2D eigenvalue weighted by Crippen LogP contribution is 2.22. The molecule has 2 saturated heterocycles. The van der Waals surface area contributed by atoms with Crippen LogP contribution in [0.25, 0.3) is 0 Å². The first kappa shape index (κ1) is 12.0. The van der Waals surface area contributed by atoms with Crippen molar-refractivity contribution in [1.29, 1.82) is 0 Å². The molecule has 0 bridgehead atoms. The molecule has 0 aromatic heterocycles. The van der Waals surface area contributed by atoms with Crippen molar-refractivity contribution in [3.8, 4) is 0 Å². The second-order valence-electron chi connectivity index (χ2n) is 4.23. The summed E-state index contributed by atoms with van der Waals surface area (Å²) in [5.74, 6) is -2.28. The van der Waals surface area contributed by atoms with Gasteiger partial charge in [0.2, 0.25) is 0 Å². The molecule has 7 heteroatoms. The predicted molar refractivity (Wildman–Crippen MR) is 53.7 cm³/mol. The fourth-order valence-electron chi connectivity index (χ4n) is 2.01. The van der Waals surface area contributed by atoms with E-state index in [1.54, 1.807) is 0 Å². The highest BCUT2D eigenvalue weighted by Gasteiger charge is 2.42. The fraction of sp³-hybridized carbons (Fsp3) is 0.700. The van der Waals surface area contributed by atoms with E-state index < -0.39 is 24.0 Å². The molecule has 2 fully saturated rings. The standard InChI is InChI=1S/C10H13FN2O4/c1-5-6(2-3-17-5)4-13-9(15)7(11)8(14)12-10(13)16/h5-7H,2-4H2,1H3,(H,12,14,16). The summed E-state index contributed by atoms with van der Waals surface area (Å²) in [5.41, 5.74) is 0. The van der Waals surface area contributed by atoms with Gasteiger partial charge in [0.25, 0.3) is 18.0 Å². The number of urea groups is 1. The van der Waals surface area contributed by atoms with Gasteiger partial charge in [-0.2, -0.15) is 0 Å². The van der Waals surface area contributed by atoms with Gasteiger partial charge in [-0.05, 0) is 13.3 Å². The van der Waals surface area contributed by atoms with Crippen LogP contribution in [0.15, 0.2) is 0 Å². The third kappa shape index (κ3) is 2.14. The average molecular weight is 244 g/mol. The minimum atomic E-state index is -2.29. The maximum Gasteiger partial charge on any atom is 0.330 e. The average Bonchev–Trinajstić information content (AvgIpc) is 2.67. The van der Waals surface area contributed by atoms with Crippen LogP contribution in [-0.4, -0.2) is 48.2 Å². The number of ether oxygens (including phenoxy) is 1. The van der Waals surface area contributed by atoms with E-state index in [1.165, 1.54) is 0 Å². The van der Waals surface area contributed by atoms with Crippen LogP contribution < -0.4 is 5.32 Å². The Kier molecular flexibility index (Phi) is 3.10. The Bertz CT molecular complexity index is 373. The number of imide groups is 2. The van der Waals surface area contributed by atoms with Gasteiger partial charge in [-0.15, -0.1) is 0 Å². The topological polar surface area (TPSA) is 75.7 Å². The monoisotopic (exact) mass is 244 g/mol. The van der Waals surface area contributed by atoms with Crippen molar-refractivity contribution in [3.63, 3.8) is 0 Å². The number of carbonyl (C=O) groups excluding carboxylic acids is 3. The van der Waals surface area contributed by atoms with Crippen molar-refractivity contribution in [2.45, 2.75) is 25.6 Å². The first-order chi connectivity index (χ1) is 8.00. The normalized spacial score (nSPS) is 34.1. The molecule has 2 aliphatic rings. The predicted octanol–water partition coefficient (Wildman–Crippen LogP) is -0.172. The molecular weight excluding hydrogens is 231 g/mol. The Morgan fingerprint density at radius 2 is 2.18 bits per heavy atom.